The standard InChI is InChI=1S/C10H14OS2/c1-2-3-4-9-5-6-10(11)8(13-10)7(9)12-9/h5-8,11H,2-4H2,1H3. The molecule has 1 N–H and O–H groups in total. The summed E-state index contributed by atoms with van der Waals surface area (Å²) in [5.41, 5.74) is 0. The van der Waals surface area contributed by atoms with Crippen LogP contribution < -0.4 is 0 Å². The fraction of sp³-hybridized carbons (Fsp3) is 0.800. The molecule has 0 spiro atoms. The summed E-state index contributed by atoms with van der Waals surface area (Å²) < 4.78 is 0.441. The van der Waals surface area contributed by atoms with E-state index in [9.17, 15) is 5.11 Å². The van der Waals surface area contributed by atoms with Gasteiger partial charge in [-0.2, -0.15) is 0 Å². The largest absolute Gasteiger partial charge is 0.375 e. The van der Waals surface area contributed by atoms with Crippen LogP contribution in [0.25, 0.3) is 0 Å². The smallest absolute Gasteiger partial charge is 0.142 e. The minimum absolute atomic E-state index is 0.441. The summed E-state index contributed by atoms with van der Waals surface area (Å²) >= 11 is 3.80. The van der Waals surface area contributed by atoms with Crippen molar-refractivity contribution in [2.75, 3.05) is 0 Å². The Morgan fingerprint density at radius 2 is 2.15 bits per heavy atom. The third kappa shape index (κ3) is 1.13. The molecule has 0 aromatic carbocycles. The van der Waals surface area contributed by atoms with Crippen LogP contribution in [0.2, 0.25) is 0 Å². The highest BCUT2D eigenvalue weighted by molar-refractivity contribution is 8.14. The first-order chi connectivity index (χ1) is 6.20. The zero-order chi connectivity index (χ0) is 9.10. The third-order valence-corrected chi connectivity index (χ3v) is 6.53. The summed E-state index contributed by atoms with van der Waals surface area (Å²) in [7, 11) is 0. The van der Waals surface area contributed by atoms with Crippen LogP contribution in [0.15, 0.2) is 12.2 Å². The second kappa shape index (κ2) is 2.50. The van der Waals surface area contributed by atoms with E-state index in [0.717, 1.165) is 5.25 Å². The molecule has 0 radical (unpaired) electrons. The van der Waals surface area contributed by atoms with Gasteiger partial charge in [0.05, 0.1) is 5.25 Å². The number of rotatable bonds is 3. The van der Waals surface area contributed by atoms with Crippen LogP contribution in [0.4, 0.5) is 0 Å². The number of thioether (sulfide) groups is 2. The number of unbranched alkanes of at least 4 members (excludes halogenated alkanes) is 1. The quantitative estimate of drug-likeness (QED) is 0.575. The normalized spacial score (nSPS) is 55.5. The average Bonchev–Trinajstić information content (AvgIpc) is 2.94. The van der Waals surface area contributed by atoms with Gasteiger partial charge in [-0.3, -0.25) is 0 Å². The fourth-order valence-corrected chi connectivity index (χ4v) is 5.28. The minimum atomic E-state index is -0.454. The van der Waals surface area contributed by atoms with Crippen molar-refractivity contribution in [3.8, 4) is 0 Å². The Labute approximate surface area is 87.4 Å². The summed E-state index contributed by atoms with van der Waals surface area (Å²) in [6.45, 7) is 2.24. The first kappa shape index (κ1) is 8.69. The molecule has 0 aromatic heterocycles. The molecule has 2 aliphatic heterocycles. The molecule has 2 saturated heterocycles. The summed E-state index contributed by atoms with van der Waals surface area (Å²) in [4.78, 5) is -0.454. The lowest BCUT2D eigenvalue weighted by Crippen LogP contribution is -2.26. The summed E-state index contributed by atoms with van der Waals surface area (Å²) in [6.07, 6.45) is 8.22. The van der Waals surface area contributed by atoms with Gasteiger partial charge in [0.2, 0.25) is 0 Å². The van der Waals surface area contributed by atoms with Crippen molar-refractivity contribution < 1.29 is 5.11 Å². The van der Waals surface area contributed by atoms with Crippen molar-refractivity contribution >= 4 is 23.5 Å². The fourth-order valence-electron chi connectivity index (χ4n) is 2.23. The molecular weight excluding hydrogens is 200 g/mol. The van der Waals surface area contributed by atoms with E-state index < -0.39 is 4.93 Å². The van der Waals surface area contributed by atoms with Gasteiger partial charge in [-0.05, 0) is 12.5 Å². The van der Waals surface area contributed by atoms with Crippen LogP contribution in [0, 0.1) is 0 Å². The summed E-state index contributed by atoms with van der Waals surface area (Å²) in [6, 6.07) is 0. The van der Waals surface area contributed by atoms with Crippen LogP contribution in [-0.4, -0.2) is 25.3 Å². The maximum Gasteiger partial charge on any atom is 0.142 e. The van der Waals surface area contributed by atoms with Crippen LogP contribution >= 0.6 is 23.5 Å². The van der Waals surface area contributed by atoms with E-state index in [2.05, 4.69) is 24.8 Å². The molecule has 0 bridgehead atoms. The summed E-state index contributed by atoms with van der Waals surface area (Å²) in [5.74, 6) is 0. The Hall–Kier alpha value is 0.400. The van der Waals surface area contributed by atoms with E-state index in [1.165, 1.54) is 19.3 Å². The first-order valence-corrected chi connectivity index (χ1v) is 6.74. The van der Waals surface area contributed by atoms with Crippen molar-refractivity contribution in [1.82, 2.24) is 0 Å². The molecule has 0 amide bonds. The summed E-state index contributed by atoms with van der Waals surface area (Å²) in [5, 5.41) is 11.1. The molecule has 0 saturated carbocycles. The maximum atomic E-state index is 9.85. The van der Waals surface area contributed by atoms with Gasteiger partial charge in [-0.1, -0.05) is 25.8 Å². The van der Waals surface area contributed by atoms with Gasteiger partial charge in [0, 0.05) is 10.00 Å². The monoisotopic (exact) mass is 214 g/mol. The Bertz CT molecular complexity index is 278. The average molecular weight is 214 g/mol. The molecular formula is C10H14OS2. The van der Waals surface area contributed by atoms with Gasteiger partial charge >= 0.3 is 0 Å². The number of hydrogen-bond acceptors (Lipinski definition) is 3. The van der Waals surface area contributed by atoms with Crippen LogP contribution in [0.3, 0.4) is 0 Å². The van der Waals surface area contributed by atoms with E-state index in [1.807, 2.05) is 6.08 Å². The van der Waals surface area contributed by atoms with Gasteiger partial charge in [0.1, 0.15) is 4.93 Å². The van der Waals surface area contributed by atoms with Crippen molar-refractivity contribution in [2.45, 2.75) is 46.4 Å². The lowest BCUT2D eigenvalue weighted by molar-refractivity contribution is 0.214. The minimum Gasteiger partial charge on any atom is -0.375 e. The molecule has 1 nitrogen and oxygen atoms in total. The molecule has 2 heterocycles. The van der Waals surface area contributed by atoms with Crippen molar-refractivity contribution in [2.24, 2.45) is 0 Å². The lowest BCUT2D eigenvalue weighted by atomic mass is 9.90. The molecule has 3 heteroatoms. The zero-order valence-corrected chi connectivity index (χ0v) is 9.33. The molecule has 0 aromatic rings. The molecule has 3 rings (SSSR count). The lowest BCUT2D eigenvalue weighted by Gasteiger charge is -2.14. The second-order valence-electron chi connectivity index (χ2n) is 4.22. The van der Waals surface area contributed by atoms with E-state index >= 15 is 0 Å². The Kier molecular flexibility index (Phi) is 1.67. The first-order valence-electron chi connectivity index (χ1n) is 4.99. The molecule has 1 aliphatic carbocycles. The van der Waals surface area contributed by atoms with Crippen LogP contribution in [-0.2, 0) is 0 Å². The zero-order valence-electron chi connectivity index (χ0n) is 7.69. The Balaban J connectivity index is 1.74. The molecule has 4 atom stereocenters. The van der Waals surface area contributed by atoms with Gasteiger partial charge < -0.3 is 5.11 Å². The van der Waals surface area contributed by atoms with Gasteiger partial charge in [0.15, 0.2) is 0 Å². The Morgan fingerprint density at radius 1 is 1.31 bits per heavy atom. The van der Waals surface area contributed by atoms with Gasteiger partial charge in [0.25, 0.3) is 0 Å². The number of fused-ring (bicyclic) bond motifs is 3. The van der Waals surface area contributed by atoms with Crippen molar-refractivity contribution in [3.05, 3.63) is 12.2 Å². The van der Waals surface area contributed by atoms with Crippen LogP contribution in [0.5, 0.6) is 0 Å². The van der Waals surface area contributed by atoms with E-state index in [-0.39, 0.29) is 0 Å². The van der Waals surface area contributed by atoms with E-state index in [4.69, 9.17) is 0 Å². The number of hydrogen-bond donors (Lipinski definition) is 1. The molecule has 3 aliphatic rings. The highest BCUT2D eigenvalue weighted by Crippen LogP contribution is 2.73. The predicted molar refractivity (Wildman–Crippen MR) is 59.1 cm³/mol. The number of aliphatic hydroxyl groups is 1. The molecule has 13 heavy (non-hydrogen) atoms. The molecule has 2 fully saturated rings. The van der Waals surface area contributed by atoms with Crippen LogP contribution in [0.1, 0.15) is 26.2 Å². The van der Waals surface area contributed by atoms with E-state index in [1.54, 1.807) is 11.8 Å². The van der Waals surface area contributed by atoms with Gasteiger partial charge in [-0.25, -0.2) is 0 Å². The topological polar surface area (TPSA) is 20.2 Å². The molecule has 72 valence electrons. The Morgan fingerprint density at radius 3 is 2.92 bits per heavy atom. The highest BCUT2D eigenvalue weighted by atomic mass is 32.2. The highest BCUT2D eigenvalue weighted by Gasteiger charge is 2.72. The maximum absolute atomic E-state index is 9.85. The second-order valence-corrected chi connectivity index (χ2v) is 7.12. The third-order valence-electron chi connectivity index (χ3n) is 3.24. The van der Waals surface area contributed by atoms with Gasteiger partial charge in [-0.15, -0.1) is 23.5 Å². The van der Waals surface area contributed by atoms with Crippen molar-refractivity contribution in [3.63, 3.8) is 0 Å². The SMILES string of the molecule is CCCCC12C=CC3(O)SC3C1S2. The molecule has 4 unspecified atom stereocenters. The van der Waals surface area contributed by atoms with E-state index in [0.29, 0.717) is 10.00 Å². The van der Waals surface area contributed by atoms with Crippen molar-refractivity contribution in [1.29, 1.82) is 0 Å². The predicted octanol–water partition coefficient (Wildman–Crippen LogP) is 2.40.